The van der Waals surface area contributed by atoms with Gasteiger partial charge in [-0.3, -0.25) is 4.79 Å². The Morgan fingerprint density at radius 1 is 1.28 bits per heavy atom. The number of carbonyl (C=O) groups is 2. The maximum Gasteiger partial charge on any atom is 0.334 e. The van der Waals surface area contributed by atoms with E-state index < -0.39 is 11.9 Å². The first kappa shape index (κ1) is 17.4. The van der Waals surface area contributed by atoms with Crippen LogP contribution in [0.2, 0.25) is 0 Å². The molecule has 0 fully saturated rings. The number of allylic oxidation sites excluding steroid dienone is 1. The van der Waals surface area contributed by atoms with Gasteiger partial charge in [-0.2, -0.15) is 0 Å². The summed E-state index contributed by atoms with van der Waals surface area (Å²) < 4.78 is 0. The summed E-state index contributed by atoms with van der Waals surface area (Å²) in [5.74, 6) is -1.51. The molecule has 1 aromatic carbocycles. The van der Waals surface area contributed by atoms with Gasteiger partial charge in [0.25, 0.3) is 0 Å². The standard InChI is InChI=1S/C20H24N2O3/c1-3-4-7-13-8-5-6-9-14(13)18-17(20(24)25)12(2)22-15-10-21-11-16(23)19(15)18/h5-6,8-9,18,21-22H,3-4,7,10-11H2,1-2H3,(H,24,25). The largest absolute Gasteiger partial charge is 0.478 e. The van der Waals surface area contributed by atoms with Crippen molar-refractivity contribution < 1.29 is 14.7 Å². The molecule has 1 atom stereocenters. The van der Waals surface area contributed by atoms with E-state index in [0.717, 1.165) is 36.1 Å². The summed E-state index contributed by atoms with van der Waals surface area (Å²) in [4.78, 5) is 24.6. The zero-order chi connectivity index (χ0) is 18.0. The Kier molecular flexibility index (Phi) is 5.04. The highest BCUT2D eigenvalue weighted by Crippen LogP contribution is 2.40. The lowest BCUT2D eigenvalue weighted by molar-refractivity contribution is -0.133. The number of nitrogens with one attached hydrogen (secondary N) is 2. The van der Waals surface area contributed by atoms with Crippen LogP contribution in [-0.2, 0) is 16.0 Å². The van der Waals surface area contributed by atoms with Crippen LogP contribution in [0.25, 0.3) is 0 Å². The van der Waals surface area contributed by atoms with Crippen molar-refractivity contribution in [1.82, 2.24) is 10.6 Å². The van der Waals surface area contributed by atoms with Crippen molar-refractivity contribution in [3.63, 3.8) is 0 Å². The van der Waals surface area contributed by atoms with Crippen molar-refractivity contribution in [2.75, 3.05) is 13.1 Å². The van der Waals surface area contributed by atoms with Crippen molar-refractivity contribution in [3.05, 3.63) is 57.9 Å². The molecule has 0 saturated carbocycles. The van der Waals surface area contributed by atoms with Crippen LogP contribution in [0.5, 0.6) is 0 Å². The lowest BCUT2D eigenvalue weighted by Gasteiger charge is -2.34. The van der Waals surface area contributed by atoms with Crippen LogP contribution in [0.15, 0.2) is 46.8 Å². The minimum atomic E-state index is -0.974. The highest BCUT2D eigenvalue weighted by Gasteiger charge is 2.39. The van der Waals surface area contributed by atoms with Gasteiger partial charge in [0.1, 0.15) is 0 Å². The average Bonchev–Trinajstić information content (AvgIpc) is 2.59. The van der Waals surface area contributed by atoms with E-state index in [2.05, 4.69) is 17.6 Å². The van der Waals surface area contributed by atoms with E-state index in [0.29, 0.717) is 17.8 Å². The van der Waals surface area contributed by atoms with Crippen molar-refractivity contribution in [1.29, 1.82) is 0 Å². The summed E-state index contributed by atoms with van der Waals surface area (Å²) in [6.45, 7) is 4.71. The summed E-state index contributed by atoms with van der Waals surface area (Å²) in [6.07, 6.45) is 2.99. The van der Waals surface area contributed by atoms with Crippen molar-refractivity contribution in [2.45, 2.75) is 39.0 Å². The van der Waals surface area contributed by atoms with Crippen LogP contribution in [-0.4, -0.2) is 29.9 Å². The van der Waals surface area contributed by atoms with Gasteiger partial charge >= 0.3 is 5.97 Å². The van der Waals surface area contributed by atoms with Crippen LogP contribution in [0.1, 0.15) is 43.7 Å². The number of hydrogen-bond acceptors (Lipinski definition) is 4. The molecule has 1 unspecified atom stereocenters. The smallest absolute Gasteiger partial charge is 0.334 e. The molecular weight excluding hydrogens is 316 g/mol. The van der Waals surface area contributed by atoms with Crippen LogP contribution in [0, 0.1) is 0 Å². The zero-order valence-corrected chi connectivity index (χ0v) is 14.7. The molecule has 0 aliphatic carbocycles. The lowest BCUT2D eigenvalue weighted by atomic mass is 9.75. The van der Waals surface area contributed by atoms with Crippen molar-refractivity contribution >= 4 is 11.8 Å². The third-order valence-electron chi connectivity index (χ3n) is 4.93. The summed E-state index contributed by atoms with van der Waals surface area (Å²) >= 11 is 0. The summed E-state index contributed by atoms with van der Waals surface area (Å²) in [5, 5.41) is 16.1. The van der Waals surface area contributed by atoms with E-state index in [1.807, 2.05) is 24.3 Å². The van der Waals surface area contributed by atoms with Gasteiger partial charge in [-0.15, -0.1) is 0 Å². The van der Waals surface area contributed by atoms with Gasteiger partial charge < -0.3 is 15.7 Å². The molecule has 0 bridgehead atoms. The molecule has 132 valence electrons. The second-order valence-electron chi connectivity index (χ2n) is 6.62. The van der Waals surface area contributed by atoms with E-state index in [-0.39, 0.29) is 17.9 Å². The Morgan fingerprint density at radius 2 is 2.04 bits per heavy atom. The first-order chi connectivity index (χ1) is 12.0. The summed E-state index contributed by atoms with van der Waals surface area (Å²) in [6, 6.07) is 7.92. The predicted octanol–water partition coefficient (Wildman–Crippen LogP) is 2.50. The number of Topliss-reactive ketones (excluding diaryl/α,β-unsaturated/α-hetero) is 1. The van der Waals surface area contributed by atoms with Gasteiger partial charge in [0.2, 0.25) is 0 Å². The molecule has 3 N–H and O–H groups in total. The molecule has 0 aromatic heterocycles. The van der Waals surface area contributed by atoms with E-state index >= 15 is 0 Å². The molecule has 2 heterocycles. The molecule has 1 aromatic rings. The first-order valence-corrected chi connectivity index (χ1v) is 8.80. The number of hydrogen-bond donors (Lipinski definition) is 3. The lowest BCUT2D eigenvalue weighted by Crippen LogP contribution is -2.43. The van der Waals surface area contributed by atoms with E-state index in [1.54, 1.807) is 6.92 Å². The molecule has 5 heteroatoms. The molecule has 25 heavy (non-hydrogen) atoms. The fraction of sp³-hybridized carbons (Fsp3) is 0.400. The molecule has 0 radical (unpaired) electrons. The van der Waals surface area contributed by atoms with Crippen LogP contribution in [0.3, 0.4) is 0 Å². The summed E-state index contributed by atoms with van der Waals surface area (Å²) in [7, 11) is 0. The number of carbonyl (C=O) groups excluding carboxylic acids is 1. The Labute approximate surface area is 147 Å². The fourth-order valence-electron chi connectivity index (χ4n) is 3.77. The number of ketones is 1. The topological polar surface area (TPSA) is 78.4 Å². The quantitative estimate of drug-likeness (QED) is 0.768. The minimum absolute atomic E-state index is 0.0321. The molecule has 2 aliphatic rings. The number of unbranched alkanes of at least 4 members (excludes halogenated alkanes) is 1. The maximum absolute atomic E-state index is 12.6. The highest BCUT2D eigenvalue weighted by atomic mass is 16.4. The minimum Gasteiger partial charge on any atom is -0.478 e. The van der Waals surface area contributed by atoms with Crippen molar-refractivity contribution in [2.24, 2.45) is 0 Å². The normalized spacial score (nSPS) is 20.4. The molecule has 0 spiro atoms. The van der Waals surface area contributed by atoms with Gasteiger partial charge in [0, 0.05) is 29.4 Å². The Balaban J connectivity index is 2.18. The molecule has 5 nitrogen and oxygen atoms in total. The SMILES string of the molecule is CCCCc1ccccc1C1C(C(=O)O)=C(C)NC2=C1C(=O)CNC2. The number of aryl methyl sites for hydroxylation is 1. The van der Waals surface area contributed by atoms with Gasteiger partial charge in [0.05, 0.1) is 12.1 Å². The molecule has 3 rings (SSSR count). The van der Waals surface area contributed by atoms with Gasteiger partial charge in [0.15, 0.2) is 5.78 Å². The second kappa shape index (κ2) is 7.23. The Bertz CT molecular complexity index is 777. The number of rotatable bonds is 5. The molecule has 2 aliphatic heterocycles. The van der Waals surface area contributed by atoms with Gasteiger partial charge in [-0.25, -0.2) is 4.79 Å². The molecule has 0 amide bonds. The van der Waals surface area contributed by atoms with Crippen LogP contribution < -0.4 is 10.6 Å². The number of carboxylic acids is 1. The Morgan fingerprint density at radius 3 is 2.76 bits per heavy atom. The summed E-state index contributed by atoms with van der Waals surface area (Å²) in [5.41, 5.74) is 4.36. The van der Waals surface area contributed by atoms with Crippen molar-refractivity contribution in [3.8, 4) is 0 Å². The number of carboxylic acid groups (broad SMARTS) is 1. The van der Waals surface area contributed by atoms with Gasteiger partial charge in [-0.1, -0.05) is 37.6 Å². The van der Waals surface area contributed by atoms with Gasteiger partial charge in [-0.05, 0) is 30.9 Å². The molecule has 0 saturated heterocycles. The number of benzene rings is 1. The monoisotopic (exact) mass is 340 g/mol. The third-order valence-corrected chi connectivity index (χ3v) is 4.93. The first-order valence-electron chi connectivity index (χ1n) is 8.80. The fourth-order valence-corrected chi connectivity index (χ4v) is 3.77. The van der Waals surface area contributed by atoms with E-state index in [9.17, 15) is 14.7 Å². The predicted molar refractivity (Wildman–Crippen MR) is 96.2 cm³/mol. The van der Waals surface area contributed by atoms with Crippen LogP contribution >= 0.6 is 0 Å². The van der Waals surface area contributed by atoms with Crippen LogP contribution in [0.4, 0.5) is 0 Å². The zero-order valence-electron chi connectivity index (χ0n) is 14.7. The third kappa shape index (κ3) is 3.24. The second-order valence-corrected chi connectivity index (χ2v) is 6.62. The number of dihydropyridines is 1. The van der Waals surface area contributed by atoms with E-state index in [1.165, 1.54) is 0 Å². The Hall–Kier alpha value is -2.40. The molecular formula is C20H24N2O3. The van der Waals surface area contributed by atoms with E-state index in [4.69, 9.17) is 0 Å². The maximum atomic E-state index is 12.6. The highest BCUT2D eigenvalue weighted by molar-refractivity contribution is 6.04. The average molecular weight is 340 g/mol. The number of aliphatic carboxylic acids is 1.